The largest absolute Gasteiger partial charge is 0.370 e. The zero-order valence-electron chi connectivity index (χ0n) is 71.8. The normalized spacial score (nSPS) is 21.9. The minimum Gasteiger partial charge on any atom is -0.370 e. The highest BCUT2D eigenvalue weighted by atomic mass is 31.2. The first-order chi connectivity index (χ1) is 56.5. The predicted octanol–water partition coefficient (Wildman–Crippen LogP) is -6.23. The lowest BCUT2D eigenvalue weighted by Gasteiger charge is -2.45. The second-order valence-corrected chi connectivity index (χ2v) is 38.5. The number of ether oxygens (including phenoxy) is 3. The van der Waals surface area contributed by atoms with Gasteiger partial charge < -0.3 is 138 Å². The van der Waals surface area contributed by atoms with E-state index in [0.29, 0.717) is 19.5 Å². The molecule has 0 aromatic heterocycles. The minimum atomic E-state index is -3.83. The molecule has 6 amide bonds. The summed E-state index contributed by atoms with van der Waals surface area (Å²) in [6.45, 7) is 8.35. The summed E-state index contributed by atoms with van der Waals surface area (Å²) in [7, 11) is 2.26. The van der Waals surface area contributed by atoms with Crippen molar-refractivity contribution < 1.29 is 75.0 Å². The number of hydrogen-bond donors (Lipinski definition) is 18. The van der Waals surface area contributed by atoms with E-state index in [2.05, 4.69) is 66.8 Å². The number of nitrogens with two attached hydrogens (primary N) is 12. The van der Waals surface area contributed by atoms with Crippen LogP contribution in [0.1, 0.15) is 111 Å². The van der Waals surface area contributed by atoms with Crippen molar-refractivity contribution in [1.82, 2.24) is 69.7 Å². The third-order valence-corrected chi connectivity index (χ3v) is 27.5. The number of ketones is 1. The van der Waals surface area contributed by atoms with E-state index in [4.69, 9.17) is 96.6 Å². The Morgan fingerprint density at radius 2 is 0.650 bits per heavy atom. The number of nitrogens with zero attached hydrogens (tertiary/aromatic N) is 14. The van der Waals surface area contributed by atoms with E-state index < -0.39 is 119 Å². The molecule has 0 saturated carbocycles. The number of amides is 6. The Labute approximate surface area is 705 Å². The minimum absolute atomic E-state index is 0.00684. The van der Waals surface area contributed by atoms with Crippen molar-refractivity contribution in [3.8, 4) is 0 Å². The lowest BCUT2D eigenvalue weighted by Crippen LogP contribution is -2.59. The summed E-state index contributed by atoms with van der Waals surface area (Å²) < 4.78 is 92.5. The van der Waals surface area contributed by atoms with Crippen LogP contribution in [0.25, 0.3) is 0 Å². The number of carbonyl (C=O) groups is 7. The van der Waals surface area contributed by atoms with Crippen molar-refractivity contribution in [2.45, 2.75) is 184 Å². The Morgan fingerprint density at radius 3 is 0.942 bits per heavy atom. The van der Waals surface area contributed by atoms with Crippen molar-refractivity contribution >= 4 is 100.0 Å². The summed E-state index contributed by atoms with van der Waals surface area (Å²) >= 11 is 0. The van der Waals surface area contributed by atoms with Gasteiger partial charge >= 0.3 is 23.0 Å². The van der Waals surface area contributed by atoms with E-state index in [1.165, 1.54) is 14.2 Å². The number of likely N-dealkylation sites (N-methyl/N-ethyl adjacent to an activating group) is 2. The lowest BCUT2D eigenvalue weighted by molar-refractivity contribution is -0.136. The number of morpholine rings is 3. The van der Waals surface area contributed by atoms with Crippen LogP contribution < -0.4 is 101 Å². The van der Waals surface area contributed by atoms with Crippen LogP contribution in [0, 0.1) is 0 Å². The Kier molecular flexibility index (Phi) is 45.9. The first kappa shape index (κ1) is 105. The van der Waals surface area contributed by atoms with E-state index >= 15 is 9.13 Å². The highest BCUT2D eigenvalue weighted by Crippen LogP contribution is 2.57. The molecule has 4 heterocycles. The summed E-state index contributed by atoms with van der Waals surface area (Å²) in [5.74, 6) is -6.25. The molecule has 0 aromatic rings. The molecule has 120 heavy (non-hydrogen) atoms. The molecule has 0 radical (unpaired) electrons. The smallest absolute Gasteiger partial charge is 0.345 e. The lowest BCUT2D eigenvalue weighted by atomic mass is 10.0. The first-order valence-corrected chi connectivity index (χ1v) is 45.1. The summed E-state index contributed by atoms with van der Waals surface area (Å²) in [6.07, 6.45) is -2.30. The van der Waals surface area contributed by atoms with Crippen LogP contribution in [0.2, 0.25) is 0 Å². The van der Waals surface area contributed by atoms with Gasteiger partial charge in [-0.05, 0) is 154 Å². The second kappa shape index (κ2) is 52.6. The number of Topliss-reactive ketones (excluding diaryl/α,β-unsaturated/α-hetero) is 1. The topological polar surface area (TPSA) is 711 Å². The van der Waals surface area contributed by atoms with Gasteiger partial charge in [0.1, 0.15) is 24.2 Å². The van der Waals surface area contributed by atoms with Gasteiger partial charge in [0.05, 0.1) is 68.5 Å². The molecule has 0 aromatic carbocycles. The van der Waals surface area contributed by atoms with Crippen LogP contribution in [-0.2, 0) is 75.0 Å². The third-order valence-electron chi connectivity index (χ3n) is 19.8. The average Bonchev–Trinajstić information content (AvgIpc) is 0.790. The molecule has 4 fully saturated rings. The van der Waals surface area contributed by atoms with Gasteiger partial charge in [-0.25, -0.2) is 28.0 Å². The molecule has 48 nitrogen and oxygen atoms in total. The van der Waals surface area contributed by atoms with Crippen LogP contribution in [-0.4, -0.2) is 369 Å². The molecule has 30 N–H and O–H groups in total. The van der Waals surface area contributed by atoms with E-state index in [-0.39, 0.29) is 242 Å². The van der Waals surface area contributed by atoms with Crippen molar-refractivity contribution in [3.63, 3.8) is 0 Å². The van der Waals surface area contributed by atoms with Crippen molar-refractivity contribution in [3.05, 3.63) is 0 Å². The van der Waals surface area contributed by atoms with E-state index in [1.54, 1.807) is 68.0 Å². The molecule has 4 saturated heterocycles. The van der Waals surface area contributed by atoms with Crippen LogP contribution in [0.4, 0.5) is 0 Å². The average molecular weight is 1770 g/mol. The molecule has 0 spiro atoms. The van der Waals surface area contributed by atoms with Crippen LogP contribution in [0.5, 0.6) is 0 Å². The second-order valence-electron chi connectivity index (χ2n) is 30.7. The van der Waals surface area contributed by atoms with Gasteiger partial charge in [-0.2, -0.15) is 0 Å². The van der Waals surface area contributed by atoms with E-state index in [0.717, 1.165) is 6.54 Å². The highest BCUT2D eigenvalue weighted by Gasteiger charge is 2.47. The van der Waals surface area contributed by atoms with E-state index in [1.807, 2.05) is 27.8 Å². The zero-order valence-corrected chi connectivity index (χ0v) is 74.5. The van der Waals surface area contributed by atoms with Gasteiger partial charge in [-0.3, -0.25) is 77.2 Å². The zero-order chi connectivity index (χ0) is 89.6. The fourth-order valence-corrected chi connectivity index (χ4v) is 20.0. The molecule has 4 aliphatic rings. The van der Waals surface area contributed by atoms with Gasteiger partial charge in [-0.15, -0.1) is 0 Å². The summed E-state index contributed by atoms with van der Waals surface area (Å²) in [6, 6.07) is -7.67. The number of rotatable bonds is 54. The quantitative estimate of drug-likeness (QED) is 0.0117. The molecular weight excluding hydrogens is 1630 g/mol. The van der Waals surface area contributed by atoms with E-state index in [9.17, 15) is 38.1 Å². The Bertz CT molecular complexity index is 3560. The SMILES string of the molecule is CNC(CCCN=C(N)N)C(=O)NC(CCCN=C(N)N)C(=O)NC(CCCN=C(N)N)C(=O)NC(CCCN=C(N)N)C(=O)NC(CCCN=C(N)N)C(=O)NC(CCCN=C(N)N)C(=O)CCC(=O)N1CCN(P(=O)(OCC2CN(P(=O)(OCC3CN(P(=O)(OCC4CN(C)CC(C)O4)N(C)C)CC(C)O3)N(C)C)CC(C)O2)N(C)C)CC1. The molecule has 15 unspecified atom stereocenters. The molecule has 4 rings (SSSR count). The van der Waals surface area contributed by atoms with Gasteiger partial charge in [-0.1, -0.05) is 0 Å². The molecule has 4 aliphatic heterocycles. The third kappa shape index (κ3) is 36.7. The molecule has 0 bridgehead atoms. The number of carbonyl (C=O) groups excluding carboxylic acids is 7. The van der Waals surface area contributed by atoms with Gasteiger partial charge in [0.25, 0.3) is 0 Å². The first-order valence-electron chi connectivity index (χ1n) is 40.5. The maximum atomic E-state index is 15.2. The molecule has 0 aliphatic carbocycles. The summed E-state index contributed by atoms with van der Waals surface area (Å²) in [4.78, 5) is 129. The maximum Gasteiger partial charge on any atom is 0.345 e. The number of aliphatic imine (C=N–C) groups is 6. The monoisotopic (exact) mass is 1770 g/mol. The predicted molar refractivity (Wildman–Crippen MR) is 460 cm³/mol. The molecule has 15 atom stereocenters. The maximum absolute atomic E-state index is 15.2. The Morgan fingerprint density at radius 1 is 0.383 bits per heavy atom. The number of nitrogens with one attached hydrogen (secondary N) is 6. The fraction of sp³-hybridized carbons (Fsp3) is 0.812. The van der Waals surface area contributed by atoms with Gasteiger partial charge in [0.2, 0.25) is 35.4 Å². The van der Waals surface area contributed by atoms with Crippen molar-refractivity contribution in [2.24, 2.45) is 98.8 Å². The molecular formula is C69H141N32O16P3. The molecule has 51 heteroatoms. The van der Waals surface area contributed by atoms with Crippen LogP contribution in [0.15, 0.2) is 30.0 Å². The summed E-state index contributed by atoms with van der Waals surface area (Å²) in [5, 5.41) is 16.6. The Hall–Kier alpha value is -7.76. The van der Waals surface area contributed by atoms with Crippen molar-refractivity contribution in [2.75, 3.05) is 181 Å². The standard InChI is InChI=1S/C69H141N32O16P3/c1-45-36-97(11)39-48(115-45)42-113-119(110,95(7)8)100-37-47(3)117-50(41-100)44-114-120(111,96(9)10)101-38-46(2)116-49(40-101)43-112-118(109,94(5)6)99-34-32-98(33-35-99)58(103)25-24-57(102)51(18-12-26-83-64(70)71)89-60(105)53(20-14-28-85-66(74)75)91-62(107)55(22-16-30-87-68(78)79)93-63(108)56(23-17-31-88-69(80)81)92-61(106)54(21-15-29-86-67(76)77)90-59(104)52(82-4)19-13-27-84-65(72)73/h45-56,82H,12-44H2,1-11H3,(H,89,105)(H,90,104)(H,91,107)(H,92,106)(H,93,108)(H4,70,71,83)(H4,72,73,84)(H4,74,75,85)(H4,76,77,86)(H4,78,79,87)(H4,80,81,88). The van der Waals surface area contributed by atoms with Gasteiger partial charge in [0.15, 0.2) is 41.5 Å². The number of guanidine groups is 6. The number of hydrogen-bond acceptors (Lipinski definition) is 24. The van der Waals surface area contributed by atoms with Gasteiger partial charge in [0, 0.05) is 118 Å². The fourth-order valence-electron chi connectivity index (χ4n) is 13.8. The highest BCUT2D eigenvalue weighted by molar-refractivity contribution is 7.54. The van der Waals surface area contributed by atoms with Crippen molar-refractivity contribution in [1.29, 1.82) is 0 Å². The van der Waals surface area contributed by atoms with Crippen LogP contribution in [0.3, 0.4) is 0 Å². The Balaban J connectivity index is 1.51. The number of piperazine rings is 1. The van der Waals surface area contributed by atoms with Crippen LogP contribution >= 0.6 is 23.0 Å². The molecule has 688 valence electrons. The summed E-state index contributed by atoms with van der Waals surface area (Å²) in [5.41, 5.74) is 67.2.